The van der Waals surface area contributed by atoms with Crippen LogP contribution in [0.3, 0.4) is 0 Å². The van der Waals surface area contributed by atoms with Gasteiger partial charge in [-0.05, 0) is 238 Å². The Kier molecular flexibility index (Phi) is 20.1. The molecule has 0 unspecified atom stereocenters. The maximum absolute atomic E-state index is 14.0. The van der Waals surface area contributed by atoms with Gasteiger partial charge < -0.3 is 23.7 Å². The Morgan fingerprint density at radius 2 is 0.405 bits per heavy atom. The number of ether oxygens (including phenoxy) is 2. The molecule has 5 nitrogen and oxygen atoms in total. The molecule has 2 aromatic heterocycles. The van der Waals surface area contributed by atoms with E-state index >= 15 is 0 Å². The van der Waals surface area contributed by atoms with Crippen LogP contribution in [-0.2, 0) is 6.61 Å². The van der Waals surface area contributed by atoms with E-state index in [0.717, 1.165) is 89.6 Å². The lowest BCUT2D eigenvalue weighted by atomic mass is 9.97. The van der Waals surface area contributed by atoms with Crippen LogP contribution in [0.15, 0.2) is 352 Å². The normalized spacial score (nSPS) is 11.2. The Bertz CT molecular complexity index is 6220. The Hall–Kier alpha value is -13.7. The molecule has 0 bridgehead atoms. The predicted molar refractivity (Wildman–Crippen MR) is 439 cm³/mol. The number of benzene rings is 16. The van der Waals surface area contributed by atoms with Crippen LogP contribution < -0.4 is 9.47 Å². The average molecular weight is 1460 g/mol. The topological polar surface area (TPSA) is 48.5 Å². The van der Waals surface area contributed by atoms with Crippen molar-refractivity contribution in [2.45, 2.75) is 27.4 Å². The van der Waals surface area contributed by atoms with E-state index in [2.05, 4.69) is 167 Å². The summed E-state index contributed by atoms with van der Waals surface area (Å²) in [6.45, 7) is 4.31. The van der Waals surface area contributed by atoms with Gasteiger partial charge in [0.25, 0.3) is 0 Å². The molecule has 0 atom stereocenters. The molecule has 0 aliphatic heterocycles. The molecular formula is C100H70F6N2O3. The van der Waals surface area contributed by atoms with Crippen LogP contribution in [0, 0.1) is 55.7 Å². The van der Waals surface area contributed by atoms with Gasteiger partial charge in [-0.2, -0.15) is 0 Å². The molecule has 0 saturated heterocycles. The summed E-state index contributed by atoms with van der Waals surface area (Å²) in [7, 11) is 0. The smallest absolute Gasteiger partial charge is 0.129 e. The highest BCUT2D eigenvalue weighted by molar-refractivity contribution is 6.10. The second kappa shape index (κ2) is 31.2. The van der Waals surface area contributed by atoms with Crippen molar-refractivity contribution in [2.24, 2.45) is 0 Å². The fourth-order valence-electron chi connectivity index (χ4n) is 14.1. The molecule has 2 heterocycles. The second-order valence-electron chi connectivity index (χ2n) is 27.3. The predicted octanol–water partition coefficient (Wildman–Crippen LogP) is 27.8. The number of hydrogen-bond donors (Lipinski definition) is 1. The number of fused-ring (bicyclic) bond motifs is 6. The number of halogens is 6. The van der Waals surface area contributed by atoms with E-state index in [1.165, 1.54) is 101 Å². The zero-order chi connectivity index (χ0) is 76.2. The highest BCUT2D eigenvalue weighted by atomic mass is 19.2. The summed E-state index contributed by atoms with van der Waals surface area (Å²) in [5.74, 6) is -0.340. The summed E-state index contributed by atoms with van der Waals surface area (Å²) in [6, 6.07) is 113. The van der Waals surface area contributed by atoms with Gasteiger partial charge in [-0.25, -0.2) is 26.3 Å². The number of aliphatic hydroxyl groups is 1. The minimum absolute atomic E-state index is 0.00155. The zero-order valence-electron chi connectivity index (χ0n) is 60.6. The molecule has 0 aliphatic carbocycles. The largest absolute Gasteiger partial charge is 0.457 e. The van der Waals surface area contributed by atoms with Crippen LogP contribution in [0.4, 0.5) is 26.3 Å². The van der Waals surface area contributed by atoms with Crippen molar-refractivity contribution in [2.75, 3.05) is 0 Å². The molecule has 1 N–H and O–H groups in total. The number of para-hydroxylation sites is 4. The highest BCUT2D eigenvalue weighted by Gasteiger charge is 2.17. The molecule has 0 aliphatic rings. The van der Waals surface area contributed by atoms with Crippen LogP contribution >= 0.6 is 0 Å². The van der Waals surface area contributed by atoms with Crippen molar-refractivity contribution in [3.8, 4) is 112 Å². The average Bonchev–Trinajstić information content (AvgIpc) is 1.61. The molecule has 18 aromatic rings. The van der Waals surface area contributed by atoms with Crippen molar-refractivity contribution in [1.29, 1.82) is 0 Å². The van der Waals surface area contributed by atoms with Gasteiger partial charge in [0.2, 0.25) is 0 Å². The Morgan fingerprint density at radius 3 is 0.640 bits per heavy atom. The zero-order valence-corrected chi connectivity index (χ0v) is 60.6. The number of rotatable bonds is 14. The van der Waals surface area contributed by atoms with E-state index in [0.29, 0.717) is 28.2 Å². The van der Waals surface area contributed by atoms with Crippen molar-refractivity contribution in [1.82, 2.24) is 9.13 Å². The fraction of sp³-hybridized carbons (Fsp3) is 0.0400. The van der Waals surface area contributed by atoms with Gasteiger partial charge in [-0.15, -0.1) is 0 Å². The van der Waals surface area contributed by atoms with Crippen LogP contribution in [0.5, 0.6) is 23.0 Å². The minimum atomic E-state index is -0.546. The van der Waals surface area contributed by atoms with Gasteiger partial charge in [0.1, 0.15) is 57.9 Å². The molecule has 0 saturated carbocycles. The molecule has 0 amide bonds. The van der Waals surface area contributed by atoms with E-state index in [4.69, 9.17) is 14.6 Å². The van der Waals surface area contributed by atoms with Gasteiger partial charge in [0.05, 0.1) is 28.7 Å². The quantitative estimate of drug-likeness (QED) is 0.110. The standard InChI is InChI=1S/C37H25F2NO.C37H25F2N.C26H20F2O2/c1-24-34(38)22-28(23-35(24)39)27-12-10-25(11-13-27)26-14-18-30(19-15-26)41-31-20-16-29(17-21-31)40-36-8-4-2-6-32(36)33-7-3-5-9-37(33)40;1-24-34(38)22-30(23-35(24)39)29-16-14-26(15-17-29)25-10-12-27(13-11-25)28-18-20-31(21-19-28)40-36-8-4-2-6-32(36)33-7-3-5-9-37(33)40;1-17-25(27)14-22(15-26(17)28)21-6-4-19(5-7-21)20-8-12-24(13-9-20)30-23-10-2-18(16-29)3-11-23/h2-23H,1H3;2-23H,1H3;2-15,29H,16H2,1H3. The van der Waals surface area contributed by atoms with Crippen LogP contribution in [0.25, 0.3) is 133 Å². The first-order chi connectivity index (χ1) is 54.1. The van der Waals surface area contributed by atoms with Crippen molar-refractivity contribution in [3.05, 3.63) is 409 Å². The molecule has 0 radical (unpaired) electrons. The van der Waals surface area contributed by atoms with Gasteiger partial charge in [-0.3, -0.25) is 0 Å². The van der Waals surface area contributed by atoms with Crippen molar-refractivity contribution in [3.63, 3.8) is 0 Å². The number of nitrogens with zero attached hydrogens (tertiary/aromatic N) is 2. The summed E-state index contributed by atoms with van der Waals surface area (Å²) in [5, 5.41) is 14.1. The summed E-state index contributed by atoms with van der Waals surface area (Å²) in [5.41, 5.74) is 20.2. The van der Waals surface area contributed by atoms with Crippen LogP contribution in [0.2, 0.25) is 0 Å². The van der Waals surface area contributed by atoms with Crippen LogP contribution in [0.1, 0.15) is 22.3 Å². The molecule has 0 spiro atoms. The lowest BCUT2D eigenvalue weighted by molar-refractivity contribution is 0.281. The summed E-state index contributed by atoms with van der Waals surface area (Å²) >= 11 is 0. The van der Waals surface area contributed by atoms with E-state index in [-0.39, 0.29) is 23.3 Å². The third-order valence-corrected chi connectivity index (χ3v) is 20.4. The number of aromatic nitrogens is 2. The Labute approximate surface area is 638 Å². The molecule has 18 rings (SSSR count). The monoisotopic (exact) mass is 1460 g/mol. The van der Waals surface area contributed by atoms with Gasteiger partial charge >= 0.3 is 0 Å². The van der Waals surface area contributed by atoms with E-state index < -0.39 is 34.9 Å². The van der Waals surface area contributed by atoms with Crippen LogP contribution in [-0.4, -0.2) is 14.2 Å². The first kappa shape index (κ1) is 71.5. The third-order valence-electron chi connectivity index (χ3n) is 20.4. The van der Waals surface area contributed by atoms with Gasteiger partial charge in [-0.1, -0.05) is 218 Å². The van der Waals surface area contributed by atoms with Crippen molar-refractivity contribution >= 4 is 43.6 Å². The summed E-state index contributed by atoms with van der Waals surface area (Å²) in [6.07, 6.45) is 0. The third kappa shape index (κ3) is 15.1. The Morgan fingerprint density at radius 1 is 0.225 bits per heavy atom. The van der Waals surface area contributed by atoms with E-state index in [1.54, 1.807) is 0 Å². The van der Waals surface area contributed by atoms with Crippen molar-refractivity contribution < 1.29 is 40.9 Å². The molecule has 0 fully saturated rings. The SMILES string of the molecule is Cc1c(F)cc(-c2ccc(-c3ccc(-c4ccc(-n5c6ccccc6c6ccccc65)cc4)cc3)cc2)cc1F.Cc1c(F)cc(-c2ccc(-c3ccc(Oc4ccc(-n5c6ccccc6c6ccccc65)cc4)cc3)cc2)cc1F.Cc1c(F)cc(-c2ccc(-c3ccc(Oc4ccc(CO)cc4)cc3)cc2)cc1F. The van der Waals surface area contributed by atoms with E-state index in [9.17, 15) is 26.3 Å². The van der Waals surface area contributed by atoms with Gasteiger partial charge in [0.15, 0.2) is 0 Å². The molecule has 16 aromatic carbocycles. The summed E-state index contributed by atoms with van der Waals surface area (Å²) < 4.78 is 100. The summed E-state index contributed by atoms with van der Waals surface area (Å²) in [4.78, 5) is 0. The fourth-order valence-corrected chi connectivity index (χ4v) is 14.1. The maximum atomic E-state index is 14.0. The molecule has 540 valence electrons. The maximum Gasteiger partial charge on any atom is 0.129 e. The lowest BCUT2D eigenvalue weighted by Gasteiger charge is -2.11. The molecule has 111 heavy (non-hydrogen) atoms. The highest BCUT2D eigenvalue weighted by Crippen LogP contribution is 2.38. The van der Waals surface area contributed by atoms with E-state index in [1.807, 2.05) is 158 Å². The first-order valence-corrected chi connectivity index (χ1v) is 36.4. The molecule has 11 heteroatoms. The number of hydrogen-bond acceptors (Lipinski definition) is 3. The minimum Gasteiger partial charge on any atom is -0.457 e. The Balaban J connectivity index is 0.000000128. The lowest BCUT2D eigenvalue weighted by Crippen LogP contribution is -1.93. The number of aliphatic hydroxyl groups excluding tert-OH is 1. The van der Waals surface area contributed by atoms with Gasteiger partial charge in [0, 0.05) is 49.6 Å². The molecular weight excluding hydrogens is 1390 g/mol. The second-order valence-corrected chi connectivity index (χ2v) is 27.3. The first-order valence-electron chi connectivity index (χ1n) is 36.4.